The second-order valence-electron chi connectivity index (χ2n) is 4.81. The van der Waals surface area contributed by atoms with Crippen molar-refractivity contribution in [3.05, 3.63) is 23.3 Å². The summed E-state index contributed by atoms with van der Waals surface area (Å²) in [6, 6.07) is 3.77. The minimum atomic E-state index is -0.225. The molecule has 2 aliphatic rings. The number of hydrogen-bond acceptors (Lipinski definition) is 5. The van der Waals surface area contributed by atoms with Crippen LogP contribution in [0.5, 0.6) is 11.5 Å². The maximum absolute atomic E-state index is 9.52. The molecule has 1 fully saturated rings. The number of aliphatic hydroxyl groups is 2. The minimum Gasteiger partial charge on any atom is -0.454 e. The average Bonchev–Trinajstić information content (AvgIpc) is 2.97. The lowest BCUT2D eigenvalue weighted by atomic mass is 10.1. The molecule has 0 amide bonds. The van der Waals surface area contributed by atoms with Crippen molar-refractivity contribution in [2.75, 3.05) is 19.9 Å². The third kappa shape index (κ3) is 2.16. The van der Waals surface area contributed by atoms with E-state index in [4.69, 9.17) is 9.47 Å². The molecular formula is C13H17NO4. The summed E-state index contributed by atoms with van der Waals surface area (Å²) in [4.78, 5) is 2.18. The van der Waals surface area contributed by atoms with Gasteiger partial charge in [0.25, 0.3) is 0 Å². The van der Waals surface area contributed by atoms with Gasteiger partial charge in [0.1, 0.15) is 0 Å². The molecule has 5 heteroatoms. The number of ether oxygens (including phenoxy) is 2. The normalized spacial score (nSPS) is 22.7. The van der Waals surface area contributed by atoms with Gasteiger partial charge in [0.15, 0.2) is 11.5 Å². The second kappa shape index (κ2) is 4.76. The van der Waals surface area contributed by atoms with Gasteiger partial charge in [-0.2, -0.15) is 0 Å². The molecule has 0 aromatic heterocycles. The van der Waals surface area contributed by atoms with Crippen molar-refractivity contribution in [1.29, 1.82) is 0 Å². The summed E-state index contributed by atoms with van der Waals surface area (Å²) in [5.74, 6) is 1.44. The first kappa shape index (κ1) is 11.8. The first-order chi connectivity index (χ1) is 8.76. The summed E-state index contributed by atoms with van der Waals surface area (Å²) < 4.78 is 10.6. The van der Waals surface area contributed by atoms with E-state index in [0.29, 0.717) is 12.3 Å². The molecule has 3 rings (SSSR count). The van der Waals surface area contributed by atoms with E-state index in [2.05, 4.69) is 4.90 Å². The summed E-state index contributed by atoms with van der Waals surface area (Å²) >= 11 is 0. The van der Waals surface area contributed by atoms with E-state index in [-0.39, 0.29) is 19.5 Å². The molecule has 0 spiro atoms. The zero-order valence-corrected chi connectivity index (χ0v) is 10.1. The van der Waals surface area contributed by atoms with E-state index in [1.54, 1.807) is 0 Å². The Bertz CT molecular complexity index is 449. The van der Waals surface area contributed by atoms with E-state index in [0.717, 1.165) is 36.4 Å². The Morgan fingerprint density at radius 1 is 1.22 bits per heavy atom. The Kier molecular flexibility index (Phi) is 3.11. The lowest BCUT2D eigenvalue weighted by molar-refractivity contribution is 0.173. The average molecular weight is 251 g/mol. The number of nitrogens with zero attached hydrogens (tertiary/aromatic N) is 1. The number of β-amino-alcohol motifs (C(OH)–C–C–N with tert-alkyl or cyclic N) is 1. The van der Waals surface area contributed by atoms with Gasteiger partial charge in [-0.3, -0.25) is 4.90 Å². The molecule has 2 N–H and O–H groups in total. The van der Waals surface area contributed by atoms with Crippen LogP contribution in [0, 0.1) is 0 Å². The molecule has 18 heavy (non-hydrogen) atoms. The number of likely N-dealkylation sites (tertiary alicyclic amines) is 1. The van der Waals surface area contributed by atoms with Gasteiger partial charge in [0.05, 0.1) is 12.7 Å². The number of hydrogen-bond donors (Lipinski definition) is 2. The van der Waals surface area contributed by atoms with E-state index >= 15 is 0 Å². The van der Waals surface area contributed by atoms with Gasteiger partial charge in [0.2, 0.25) is 6.79 Å². The van der Waals surface area contributed by atoms with Crippen LogP contribution in [0.2, 0.25) is 0 Å². The van der Waals surface area contributed by atoms with E-state index in [1.165, 1.54) is 0 Å². The highest BCUT2D eigenvalue weighted by Gasteiger charge is 2.23. The summed E-state index contributed by atoms with van der Waals surface area (Å²) in [5, 5.41) is 18.9. The summed E-state index contributed by atoms with van der Waals surface area (Å²) in [6.07, 6.45) is 0.593. The van der Waals surface area contributed by atoms with Crippen LogP contribution in [0.4, 0.5) is 0 Å². The number of fused-ring (bicyclic) bond motifs is 1. The number of benzene rings is 1. The first-order valence-electron chi connectivity index (χ1n) is 6.19. The quantitative estimate of drug-likeness (QED) is 0.818. The summed E-state index contributed by atoms with van der Waals surface area (Å²) in [7, 11) is 0. The van der Waals surface area contributed by atoms with Crippen LogP contribution in [-0.2, 0) is 13.2 Å². The molecule has 2 heterocycles. The van der Waals surface area contributed by atoms with Crippen molar-refractivity contribution in [3.8, 4) is 11.5 Å². The molecule has 0 aliphatic carbocycles. The molecule has 1 unspecified atom stereocenters. The van der Waals surface area contributed by atoms with E-state index < -0.39 is 0 Å². The lowest BCUT2D eigenvalue weighted by Gasteiger charge is -2.17. The predicted molar refractivity (Wildman–Crippen MR) is 64.4 cm³/mol. The van der Waals surface area contributed by atoms with Gasteiger partial charge in [0, 0.05) is 19.6 Å². The van der Waals surface area contributed by atoms with Crippen molar-refractivity contribution >= 4 is 0 Å². The highest BCUT2D eigenvalue weighted by Crippen LogP contribution is 2.35. The Morgan fingerprint density at radius 2 is 1.94 bits per heavy atom. The predicted octanol–water partition coefficient (Wildman–Crippen LogP) is 0.474. The Labute approximate surface area is 106 Å². The third-order valence-electron chi connectivity index (χ3n) is 3.51. The maximum Gasteiger partial charge on any atom is 0.231 e. The number of aliphatic hydroxyl groups excluding tert-OH is 2. The van der Waals surface area contributed by atoms with Gasteiger partial charge in [-0.1, -0.05) is 0 Å². The molecule has 0 saturated carbocycles. The SMILES string of the molecule is OCc1cc2c(cc1CN1CCC(O)C1)OCO2. The molecule has 2 aliphatic heterocycles. The highest BCUT2D eigenvalue weighted by atomic mass is 16.7. The van der Waals surface area contributed by atoms with Gasteiger partial charge in [-0.25, -0.2) is 0 Å². The molecule has 98 valence electrons. The van der Waals surface area contributed by atoms with Crippen molar-refractivity contribution in [1.82, 2.24) is 4.90 Å². The minimum absolute atomic E-state index is 0.0115. The van der Waals surface area contributed by atoms with Crippen LogP contribution in [0.3, 0.4) is 0 Å². The molecule has 0 bridgehead atoms. The van der Waals surface area contributed by atoms with Crippen molar-refractivity contribution in [2.45, 2.75) is 25.7 Å². The molecule has 5 nitrogen and oxygen atoms in total. The van der Waals surface area contributed by atoms with E-state index in [1.807, 2.05) is 12.1 Å². The fourth-order valence-electron chi connectivity index (χ4n) is 2.52. The van der Waals surface area contributed by atoms with Crippen LogP contribution >= 0.6 is 0 Å². The fourth-order valence-corrected chi connectivity index (χ4v) is 2.52. The second-order valence-corrected chi connectivity index (χ2v) is 4.81. The third-order valence-corrected chi connectivity index (χ3v) is 3.51. The van der Waals surface area contributed by atoms with Gasteiger partial charge in [-0.05, 0) is 29.7 Å². The molecular weight excluding hydrogens is 234 g/mol. The lowest BCUT2D eigenvalue weighted by Crippen LogP contribution is -2.22. The topological polar surface area (TPSA) is 62.2 Å². The Morgan fingerprint density at radius 3 is 2.56 bits per heavy atom. The molecule has 1 aromatic rings. The van der Waals surface area contributed by atoms with Crippen LogP contribution in [0.1, 0.15) is 17.5 Å². The summed E-state index contributed by atoms with van der Waals surface area (Å²) in [5.41, 5.74) is 1.90. The largest absolute Gasteiger partial charge is 0.454 e. The fraction of sp³-hybridized carbons (Fsp3) is 0.538. The van der Waals surface area contributed by atoms with Gasteiger partial charge < -0.3 is 19.7 Å². The standard InChI is InChI=1S/C13H17NO4/c15-7-10-4-13-12(17-8-18-13)3-9(10)5-14-2-1-11(16)6-14/h3-4,11,15-16H,1-2,5-8H2. The monoisotopic (exact) mass is 251 g/mol. The highest BCUT2D eigenvalue weighted by molar-refractivity contribution is 5.48. The van der Waals surface area contributed by atoms with Crippen molar-refractivity contribution in [3.63, 3.8) is 0 Å². The van der Waals surface area contributed by atoms with Crippen LogP contribution in [-0.4, -0.2) is 41.1 Å². The van der Waals surface area contributed by atoms with Crippen molar-refractivity contribution in [2.24, 2.45) is 0 Å². The van der Waals surface area contributed by atoms with E-state index in [9.17, 15) is 10.2 Å². The van der Waals surface area contributed by atoms with Gasteiger partial charge >= 0.3 is 0 Å². The Balaban J connectivity index is 1.82. The zero-order chi connectivity index (χ0) is 12.5. The van der Waals surface area contributed by atoms with Crippen LogP contribution in [0.15, 0.2) is 12.1 Å². The van der Waals surface area contributed by atoms with Gasteiger partial charge in [-0.15, -0.1) is 0 Å². The molecule has 1 saturated heterocycles. The first-order valence-corrected chi connectivity index (χ1v) is 6.19. The van der Waals surface area contributed by atoms with Crippen LogP contribution < -0.4 is 9.47 Å². The number of rotatable bonds is 3. The molecule has 1 atom stereocenters. The van der Waals surface area contributed by atoms with Crippen LogP contribution in [0.25, 0.3) is 0 Å². The summed E-state index contributed by atoms with van der Waals surface area (Å²) in [6.45, 7) is 2.54. The molecule has 1 aromatic carbocycles. The smallest absolute Gasteiger partial charge is 0.231 e. The molecule has 0 radical (unpaired) electrons. The maximum atomic E-state index is 9.52. The van der Waals surface area contributed by atoms with Crippen molar-refractivity contribution < 1.29 is 19.7 Å². The Hall–Kier alpha value is -1.30. The zero-order valence-electron chi connectivity index (χ0n) is 10.1.